The maximum atomic E-state index is 13.2. The van der Waals surface area contributed by atoms with Crippen molar-refractivity contribution in [1.82, 2.24) is 46.1 Å². The van der Waals surface area contributed by atoms with Gasteiger partial charge < -0.3 is 56.1 Å². The number of sulfone groups is 2. The molecule has 4 amide bonds. The monoisotopic (exact) mass is 1030 g/mol. The van der Waals surface area contributed by atoms with Crippen molar-refractivity contribution in [2.75, 3.05) is 133 Å². The van der Waals surface area contributed by atoms with E-state index in [0.29, 0.717) is 144 Å². The maximum Gasteiger partial charge on any atom is 0.319 e. The van der Waals surface area contributed by atoms with E-state index in [1.807, 2.05) is 55.4 Å². The summed E-state index contributed by atoms with van der Waals surface area (Å²) in [5.41, 5.74) is 3.81. The second-order valence-corrected chi connectivity index (χ2v) is 23.8. The van der Waals surface area contributed by atoms with Crippen LogP contribution in [0, 0.1) is 0 Å². The lowest BCUT2D eigenvalue weighted by Crippen LogP contribution is -2.47. The first-order valence-corrected chi connectivity index (χ1v) is 28.3. The molecule has 4 aromatic rings. The zero-order valence-electron chi connectivity index (χ0n) is 42.5. The van der Waals surface area contributed by atoms with E-state index < -0.39 is 29.2 Å². The lowest BCUT2D eigenvalue weighted by atomic mass is 9.92. The van der Waals surface area contributed by atoms with Gasteiger partial charge in [0.2, 0.25) is 0 Å². The number of carbonyl (C=O) groups is 2. The van der Waals surface area contributed by atoms with Crippen LogP contribution in [0.25, 0.3) is 22.8 Å². The number of anilines is 4. The quantitative estimate of drug-likeness (QED) is 0.112. The summed E-state index contributed by atoms with van der Waals surface area (Å²) < 4.78 is 61.7. The summed E-state index contributed by atoms with van der Waals surface area (Å²) in [6, 6.07) is 17.8. The minimum atomic E-state index is -3.46. The Hall–Kier alpha value is -5.56. The SMILES string of the molecule is CNC(=O)Nc1ccc(-c2nc(N3CCOC[C@@H]3C)cc(C3(S(C)(=O)=O)CCNCC3)n2)cc1.C[C@H]1COCCN1c1cc(C2(S(C)(=O)=O)CCNCC2)nc(-c2ccc(NC(=O)NCCN(C)C)cc2)n1. The highest BCUT2D eigenvalue weighted by atomic mass is 32.2. The van der Waals surface area contributed by atoms with Crippen LogP contribution in [0.4, 0.5) is 32.6 Å². The van der Waals surface area contributed by atoms with Crippen molar-refractivity contribution in [1.29, 1.82) is 0 Å². The molecule has 4 aliphatic rings. The van der Waals surface area contributed by atoms with Crippen molar-refractivity contribution >= 4 is 54.7 Å². The third-order valence-electron chi connectivity index (χ3n) is 13.8. The molecule has 23 heteroatoms. The number of hydrogen-bond donors (Lipinski definition) is 6. The highest BCUT2D eigenvalue weighted by Gasteiger charge is 2.47. The Bertz CT molecular complexity index is 2720. The second kappa shape index (κ2) is 23.5. The molecule has 0 spiro atoms. The van der Waals surface area contributed by atoms with Gasteiger partial charge in [-0.2, -0.15) is 0 Å². The minimum absolute atomic E-state index is 0.0964. The van der Waals surface area contributed by atoms with Gasteiger partial charge in [0.05, 0.1) is 49.9 Å². The van der Waals surface area contributed by atoms with E-state index in [4.69, 9.17) is 29.4 Å². The fraction of sp³-hybridized carbons (Fsp3) is 0.551. The van der Waals surface area contributed by atoms with E-state index in [0.717, 1.165) is 17.7 Å². The molecule has 6 N–H and O–H groups in total. The number of carbonyl (C=O) groups excluding carboxylic acids is 2. The third kappa shape index (κ3) is 12.8. The molecule has 6 heterocycles. The Labute approximate surface area is 423 Å². The van der Waals surface area contributed by atoms with Gasteiger partial charge in [0.15, 0.2) is 31.3 Å². The Morgan fingerprint density at radius 2 is 1.07 bits per heavy atom. The van der Waals surface area contributed by atoms with Crippen LogP contribution in [0.15, 0.2) is 60.7 Å². The number of hydrogen-bond acceptors (Lipinski definition) is 17. The van der Waals surface area contributed by atoms with Crippen molar-refractivity contribution in [3.8, 4) is 22.8 Å². The van der Waals surface area contributed by atoms with Gasteiger partial charge in [-0.15, -0.1) is 0 Å². The van der Waals surface area contributed by atoms with Crippen molar-refractivity contribution in [2.24, 2.45) is 0 Å². The van der Waals surface area contributed by atoms with Crippen LogP contribution in [-0.2, 0) is 38.6 Å². The van der Waals surface area contributed by atoms with E-state index in [2.05, 4.69) is 55.5 Å². The van der Waals surface area contributed by atoms with Crippen molar-refractivity contribution in [3.05, 3.63) is 72.1 Å². The largest absolute Gasteiger partial charge is 0.377 e. The second-order valence-electron chi connectivity index (χ2n) is 19.2. The van der Waals surface area contributed by atoms with Gasteiger partial charge >= 0.3 is 12.1 Å². The fourth-order valence-corrected chi connectivity index (χ4v) is 12.3. The van der Waals surface area contributed by atoms with Crippen LogP contribution >= 0.6 is 0 Å². The summed E-state index contributed by atoms with van der Waals surface area (Å²) in [7, 11) is -1.47. The first kappa shape index (κ1) is 54.2. The predicted molar refractivity (Wildman–Crippen MR) is 281 cm³/mol. The van der Waals surface area contributed by atoms with Gasteiger partial charge in [0.25, 0.3) is 0 Å². The highest BCUT2D eigenvalue weighted by molar-refractivity contribution is 7.92. The Morgan fingerprint density at radius 3 is 1.43 bits per heavy atom. The van der Waals surface area contributed by atoms with Crippen molar-refractivity contribution in [2.45, 2.75) is 61.1 Å². The van der Waals surface area contributed by atoms with Gasteiger partial charge in [-0.25, -0.2) is 46.4 Å². The van der Waals surface area contributed by atoms with Crippen LogP contribution in [0.3, 0.4) is 0 Å². The molecule has 2 atom stereocenters. The van der Waals surface area contributed by atoms with Crippen molar-refractivity contribution in [3.63, 3.8) is 0 Å². The smallest absolute Gasteiger partial charge is 0.319 e. The number of rotatable bonds is 13. The van der Waals surface area contributed by atoms with Crippen LogP contribution in [-0.4, -0.2) is 178 Å². The van der Waals surface area contributed by atoms with Gasteiger partial charge in [-0.3, -0.25) is 0 Å². The highest BCUT2D eigenvalue weighted by Crippen LogP contribution is 2.41. The number of amides is 4. The zero-order valence-corrected chi connectivity index (χ0v) is 44.1. The molecular weight excluding hydrogens is 963 g/mol. The van der Waals surface area contributed by atoms with Crippen LogP contribution < -0.4 is 41.7 Å². The number of piperidine rings is 2. The fourth-order valence-electron chi connectivity index (χ4n) is 9.49. The Kier molecular flexibility index (Phi) is 17.7. The maximum absolute atomic E-state index is 13.2. The van der Waals surface area contributed by atoms with Crippen LogP contribution in [0.1, 0.15) is 50.9 Å². The van der Waals surface area contributed by atoms with Crippen LogP contribution in [0.2, 0.25) is 0 Å². The molecule has 0 saturated carbocycles. The zero-order chi connectivity index (χ0) is 51.7. The molecule has 2 aromatic heterocycles. The van der Waals surface area contributed by atoms with Gasteiger partial charge in [-0.1, -0.05) is 0 Å². The lowest BCUT2D eigenvalue weighted by Gasteiger charge is -2.38. The van der Waals surface area contributed by atoms with E-state index in [-0.39, 0.29) is 24.1 Å². The Morgan fingerprint density at radius 1 is 0.667 bits per heavy atom. The molecule has 0 aliphatic carbocycles. The summed E-state index contributed by atoms with van der Waals surface area (Å²) in [4.78, 5) is 49.5. The van der Waals surface area contributed by atoms with E-state index >= 15 is 0 Å². The number of urea groups is 2. The number of aromatic nitrogens is 4. The third-order valence-corrected chi connectivity index (χ3v) is 17.9. The summed E-state index contributed by atoms with van der Waals surface area (Å²) in [5, 5.41) is 17.4. The number of nitrogens with zero attached hydrogens (tertiary/aromatic N) is 7. The number of benzene rings is 2. The number of morpholine rings is 2. The van der Waals surface area contributed by atoms with Gasteiger partial charge in [-0.05, 0) is 128 Å². The normalized spacial score (nSPS) is 20.2. The molecule has 0 unspecified atom stereocenters. The molecule has 4 saturated heterocycles. The Balaban J connectivity index is 0.000000213. The average molecular weight is 1030 g/mol. The molecule has 72 heavy (non-hydrogen) atoms. The molecule has 4 aliphatic heterocycles. The number of likely N-dealkylation sites (N-methyl/N-ethyl adjacent to an activating group) is 1. The van der Waals surface area contributed by atoms with Crippen molar-refractivity contribution < 1.29 is 35.9 Å². The first-order valence-electron chi connectivity index (χ1n) is 24.5. The van der Waals surface area contributed by atoms with E-state index in [9.17, 15) is 26.4 Å². The number of ether oxygens (including phenoxy) is 2. The topological polar surface area (TPSA) is 254 Å². The van der Waals surface area contributed by atoms with Gasteiger partial charge in [0.1, 0.15) is 21.1 Å². The van der Waals surface area contributed by atoms with Crippen LogP contribution in [0.5, 0.6) is 0 Å². The summed E-state index contributed by atoms with van der Waals surface area (Å²) in [6.07, 6.45) is 4.42. The molecule has 392 valence electrons. The molecular formula is C49H71N13O8S2. The van der Waals surface area contributed by atoms with E-state index in [1.165, 1.54) is 12.5 Å². The summed E-state index contributed by atoms with van der Waals surface area (Å²) in [5.74, 6) is 2.31. The molecule has 8 rings (SSSR count). The molecule has 0 radical (unpaired) electrons. The summed E-state index contributed by atoms with van der Waals surface area (Å²) >= 11 is 0. The lowest BCUT2D eigenvalue weighted by molar-refractivity contribution is 0.0985. The van der Waals surface area contributed by atoms with Gasteiger partial charge in [0, 0.05) is 80.4 Å². The number of nitrogens with one attached hydrogen (secondary N) is 6. The molecule has 2 aromatic carbocycles. The molecule has 21 nitrogen and oxygen atoms in total. The molecule has 4 fully saturated rings. The first-order chi connectivity index (χ1) is 34.3. The molecule has 0 bridgehead atoms. The summed E-state index contributed by atoms with van der Waals surface area (Å²) in [6.45, 7) is 11.5. The minimum Gasteiger partial charge on any atom is -0.377 e. The average Bonchev–Trinajstić information content (AvgIpc) is 3.36. The standard InChI is InChI=1S/C26H39N7O4S.C23H32N6O4S/c1-19-18-37-16-15-33(19)23-17-22(26(38(4,35)36)9-11-27-12-10-26)30-24(31-23)20-5-7-21(8-6-20)29-25(34)28-13-14-32(2)3;1-16-15-33-13-12-29(16)20-14-19(23(34(3,31)32)8-10-25-11-9-23)27-21(28-20)17-4-6-18(7-5-17)26-22(30)24-2/h5-8,17,19,27H,9-16,18H2,1-4H3,(H2,28,29,34);4-7,14,16,25H,8-13,15H2,1-3H3,(H2,24,26,30)/t19-;16-/m00/s1. The van der Waals surface area contributed by atoms with E-state index in [1.54, 1.807) is 31.3 Å². The predicted octanol–water partition coefficient (Wildman–Crippen LogP) is 3.42.